The molecule has 0 heterocycles. The summed E-state index contributed by atoms with van der Waals surface area (Å²) in [7, 11) is -3.53. The van der Waals surface area contributed by atoms with Crippen LogP contribution in [0.3, 0.4) is 0 Å². The highest BCUT2D eigenvalue weighted by Crippen LogP contribution is 2.36. The molecule has 2 unspecified atom stereocenters. The third kappa shape index (κ3) is 3.42. The molecule has 20 heavy (non-hydrogen) atoms. The van der Waals surface area contributed by atoms with E-state index in [1.807, 2.05) is 0 Å². The first-order chi connectivity index (χ1) is 9.39. The quantitative estimate of drug-likeness (QED) is 0.818. The second kappa shape index (κ2) is 6.13. The summed E-state index contributed by atoms with van der Waals surface area (Å²) in [5.74, 6) is 0.472. The summed E-state index contributed by atoms with van der Waals surface area (Å²) in [6, 6.07) is 3.35. The maximum Gasteiger partial charge on any atom is 0.241 e. The largest absolute Gasteiger partial charge is 0.392 e. The van der Waals surface area contributed by atoms with Crippen LogP contribution in [0.2, 0.25) is 0 Å². The van der Waals surface area contributed by atoms with Gasteiger partial charge in [0.05, 0.1) is 11.5 Å². The van der Waals surface area contributed by atoms with E-state index in [1.54, 1.807) is 19.1 Å². The van der Waals surface area contributed by atoms with Crippen molar-refractivity contribution in [1.29, 1.82) is 0 Å². The van der Waals surface area contributed by atoms with Crippen LogP contribution in [0.4, 0.5) is 0 Å². The number of rotatable bonds is 6. The molecule has 2 N–H and O–H groups in total. The fraction of sp³-hybridized carbons (Fsp3) is 0.571. The Morgan fingerprint density at radius 3 is 2.75 bits per heavy atom. The third-order valence-electron chi connectivity index (χ3n) is 3.72. The van der Waals surface area contributed by atoms with Crippen LogP contribution in [0.15, 0.2) is 21.5 Å². The van der Waals surface area contributed by atoms with Crippen molar-refractivity contribution in [3.05, 3.63) is 27.7 Å². The Morgan fingerprint density at radius 1 is 1.45 bits per heavy atom. The van der Waals surface area contributed by atoms with Gasteiger partial charge in [-0.15, -0.1) is 0 Å². The van der Waals surface area contributed by atoms with Crippen molar-refractivity contribution >= 4 is 26.0 Å². The Kier molecular flexibility index (Phi) is 4.89. The maximum absolute atomic E-state index is 12.5. The monoisotopic (exact) mass is 361 g/mol. The van der Waals surface area contributed by atoms with Crippen LogP contribution in [-0.4, -0.2) is 19.6 Å². The van der Waals surface area contributed by atoms with E-state index in [1.165, 1.54) is 0 Å². The van der Waals surface area contributed by atoms with Gasteiger partial charge in [0, 0.05) is 10.5 Å². The van der Waals surface area contributed by atoms with Crippen LogP contribution < -0.4 is 4.72 Å². The summed E-state index contributed by atoms with van der Waals surface area (Å²) in [5, 5.41) is 9.21. The number of aliphatic hydroxyl groups is 1. The Labute approximate surface area is 128 Å². The predicted octanol–water partition coefficient (Wildman–Crippen LogP) is 2.72. The van der Waals surface area contributed by atoms with Crippen LogP contribution in [0, 0.1) is 12.8 Å². The fourth-order valence-electron chi connectivity index (χ4n) is 2.42. The number of halogens is 1. The van der Waals surface area contributed by atoms with E-state index in [4.69, 9.17) is 0 Å². The summed E-state index contributed by atoms with van der Waals surface area (Å²) in [6.07, 6.45) is 3.06. The van der Waals surface area contributed by atoms with Gasteiger partial charge in [0.1, 0.15) is 0 Å². The molecule has 2 atom stereocenters. The summed E-state index contributed by atoms with van der Waals surface area (Å²) in [5.41, 5.74) is 1.26. The molecule has 0 saturated heterocycles. The van der Waals surface area contributed by atoms with Crippen molar-refractivity contribution in [2.75, 3.05) is 0 Å². The van der Waals surface area contributed by atoms with E-state index in [0.717, 1.165) is 19.3 Å². The molecule has 1 fully saturated rings. The lowest BCUT2D eigenvalue weighted by Gasteiger charge is -2.12. The average Bonchev–Trinajstić information content (AvgIpc) is 3.09. The molecule has 4 nitrogen and oxygen atoms in total. The zero-order valence-corrected chi connectivity index (χ0v) is 14.1. The van der Waals surface area contributed by atoms with Gasteiger partial charge in [0.15, 0.2) is 0 Å². The van der Waals surface area contributed by atoms with Crippen molar-refractivity contribution in [1.82, 2.24) is 4.72 Å². The fourth-order valence-corrected chi connectivity index (χ4v) is 4.69. The van der Waals surface area contributed by atoms with Gasteiger partial charge in [0.2, 0.25) is 10.0 Å². The van der Waals surface area contributed by atoms with Crippen LogP contribution in [0.5, 0.6) is 0 Å². The van der Waals surface area contributed by atoms with Crippen molar-refractivity contribution in [3.8, 4) is 0 Å². The molecule has 0 aromatic heterocycles. The van der Waals surface area contributed by atoms with Gasteiger partial charge in [-0.05, 0) is 48.9 Å². The Bertz CT molecular complexity index is 601. The topological polar surface area (TPSA) is 66.4 Å². The van der Waals surface area contributed by atoms with Gasteiger partial charge in [0.25, 0.3) is 0 Å². The van der Waals surface area contributed by atoms with Gasteiger partial charge >= 0.3 is 0 Å². The zero-order valence-electron chi connectivity index (χ0n) is 11.7. The third-order valence-corrected chi connectivity index (χ3v) is 6.16. The first-order valence-corrected chi connectivity index (χ1v) is 9.09. The van der Waals surface area contributed by atoms with E-state index in [0.29, 0.717) is 21.5 Å². The SMILES string of the molecule is CCCC1CC1NS(=O)(=O)c1cc(CO)cc(Br)c1C. The summed E-state index contributed by atoms with van der Waals surface area (Å²) >= 11 is 3.35. The number of hydrogen-bond acceptors (Lipinski definition) is 3. The van der Waals surface area contributed by atoms with Gasteiger partial charge in [-0.1, -0.05) is 29.3 Å². The number of benzene rings is 1. The molecule has 0 aliphatic heterocycles. The molecule has 1 aromatic rings. The molecule has 6 heteroatoms. The molecular weight excluding hydrogens is 342 g/mol. The van der Waals surface area contributed by atoms with E-state index in [9.17, 15) is 13.5 Å². The van der Waals surface area contributed by atoms with Crippen LogP contribution in [-0.2, 0) is 16.6 Å². The van der Waals surface area contributed by atoms with E-state index >= 15 is 0 Å². The molecular formula is C14H20BrNO3S. The lowest BCUT2D eigenvalue weighted by Crippen LogP contribution is -2.28. The zero-order chi connectivity index (χ0) is 14.9. The van der Waals surface area contributed by atoms with E-state index < -0.39 is 10.0 Å². The Hall–Kier alpha value is -0.430. The van der Waals surface area contributed by atoms with Crippen molar-refractivity contribution < 1.29 is 13.5 Å². The molecule has 0 radical (unpaired) electrons. The number of aliphatic hydroxyl groups excluding tert-OH is 1. The number of hydrogen-bond donors (Lipinski definition) is 2. The van der Waals surface area contributed by atoms with Gasteiger partial charge in [-0.25, -0.2) is 13.1 Å². The van der Waals surface area contributed by atoms with Gasteiger partial charge in [-0.3, -0.25) is 0 Å². The van der Waals surface area contributed by atoms with Crippen LogP contribution >= 0.6 is 15.9 Å². The highest BCUT2D eigenvalue weighted by Gasteiger charge is 2.39. The summed E-state index contributed by atoms with van der Waals surface area (Å²) in [6.45, 7) is 3.69. The lowest BCUT2D eigenvalue weighted by molar-refractivity contribution is 0.281. The first kappa shape index (κ1) is 15.9. The average molecular weight is 362 g/mol. The second-order valence-corrected chi connectivity index (χ2v) is 7.91. The van der Waals surface area contributed by atoms with Gasteiger partial charge in [-0.2, -0.15) is 0 Å². The molecule has 1 saturated carbocycles. The molecule has 0 spiro atoms. The highest BCUT2D eigenvalue weighted by molar-refractivity contribution is 9.10. The summed E-state index contributed by atoms with van der Waals surface area (Å²) in [4.78, 5) is 0.248. The van der Waals surface area contributed by atoms with Crippen LogP contribution in [0.1, 0.15) is 37.3 Å². The minimum absolute atomic E-state index is 0.0657. The van der Waals surface area contributed by atoms with Gasteiger partial charge < -0.3 is 5.11 Å². The number of sulfonamides is 1. The Balaban J connectivity index is 2.24. The van der Waals surface area contributed by atoms with Crippen molar-refractivity contribution in [2.24, 2.45) is 5.92 Å². The van der Waals surface area contributed by atoms with E-state index in [-0.39, 0.29) is 17.5 Å². The van der Waals surface area contributed by atoms with Crippen LogP contribution in [0.25, 0.3) is 0 Å². The molecule has 2 rings (SSSR count). The predicted molar refractivity (Wildman–Crippen MR) is 81.9 cm³/mol. The molecule has 112 valence electrons. The highest BCUT2D eigenvalue weighted by atomic mass is 79.9. The minimum atomic E-state index is -3.53. The first-order valence-electron chi connectivity index (χ1n) is 6.81. The second-order valence-electron chi connectivity index (χ2n) is 5.37. The van der Waals surface area contributed by atoms with E-state index in [2.05, 4.69) is 27.6 Å². The number of nitrogens with one attached hydrogen (secondary N) is 1. The minimum Gasteiger partial charge on any atom is -0.392 e. The molecule has 1 aliphatic rings. The molecule has 0 amide bonds. The summed E-state index contributed by atoms with van der Waals surface area (Å²) < 4.78 is 28.4. The molecule has 1 aliphatic carbocycles. The Morgan fingerprint density at radius 2 is 2.15 bits per heavy atom. The smallest absolute Gasteiger partial charge is 0.241 e. The standard InChI is InChI=1S/C14H20BrNO3S/c1-3-4-11-7-13(11)16-20(18,19)14-6-10(8-17)5-12(15)9(14)2/h5-6,11,13,16-17H,3-4,7-8H2,1-2H3. The lowest BCUT2D eigenvalue weighted by atomic mass is 10.2. The molecule has 0 bridgehead atoms. The maximum atomic E-state index is 12.5. The van der Waals surface area contributed by atoms with Crippen molar-refractivity contribution in [3.63, 3.8) is 0 Å². The van der Waals surface area contributed by atoms with Crippen molar-refractivity contribution in [2.45, 2.75) is 50.7 Å². The molecule has 1 aromatic carbocycles. The normalized spacial score (nSPS) is 22.0.